The van der Waals surface area contributed by atoms with Gasteiger partial charge in [-0.05, 0) is 19.4 Å². The van der Waals surface area contributed by atoms with Crippen LogP contribution in [-0.4, -0.2) is 30.6 Å². The summed E-state index contributed by atoms with van der Waals surface area (Å²) in [7, 11) is 0. The van der Waals surface area contributed by atoms with Crippen LogP contribution in [0.3, 0.4) is 0 Å². The SMILES string of the molecule is Cc1c(C#N)cc([N+](=O)[O-])cc1N1CCNC(C)C1. The third-order valence-corrected chi connectivity index (χ3v) is 3.41. The van der Waals surface area contributed by atoms with Gasteiger partial charge in [-0.25, -0.2) is 0 Å². The van der Waals surface area contributed by atoms with Crippen molar-refractivity contribution in [2.45, 2.75) is 19.9 Å². The number of non-ortho nitro benzene ring substituents is 1. The van der Waals surface area contributed by atoms with E-state index in [2.05, 4.69) is 17.1 Å². The number of nitro groups is 1. The summed E-state index contributed by atoms with van der Waals surface area (Å²) in [4.78, 5) is 12.6. The monoisotopic (exact) mass is 260 g/mol. The number of hydrogen-bond acceptors (Lipinski definition) is 5. The molecule has 1 aromatic carbocycles. The van der Waals surface area contributed by atoms with Crippen LogP contribution in [0.4, 0.5) is 11.4 Å². The summed E-state index contributed by atoms with van der Waals surface area (Å²) < 4.78 is 0. The lowest BCUT2D eigenvalue weighted by molar-refractivity contribution is -0.384. The largest absolute Gasteiger partial charge is 0.368 e. The fraction of sp³-hybridized carbons (Fsp3) is 0.462. The summed E-state index contributed by atoms with van der Waals surface area (Å²) in [5.74, 6) is 0. The molecule has 19 heavy (non-hydrogen) atoms. The van der Waals surface area contributed by atoms with Gasteiger partial charge in [0.15, 0.2) is 0 Å². The molecule has 1 atom stereocenters. The van der Waals surface area contributed by atoms with Crippen molar-refractivity contribution in [3.63, 3.8) is 0 Å². The first kappa shape index (κ1) is 13.3. The quantitative estimate of drug-likeness (QED) is 0.644. The molecule has 1 aromatic rings. The van der Waals surface area contributed by atoms with Crippen LogP contribution in [0.1, 0.15) is 18.1 Å². The predicted molar refractivity (Wildman–Crippen MR) is 72.2 cm³/mol. The van der Waals surface area contributed by atoms with E-state index in [-0.39, 0.29) is 5.69 Å². The van der Waals surface area contributed by atoms with Crippen molar-refractivity contribution in [1.29, 1.82) is 5.26 Å². The van der Waals surface area contributed by atoms with E-state index in [0.29, 0.717) is 11.6 Å². The van der Waals surface area contributed by atoms with Gasteiger partial charge in [-0.15, -0.1) is 0 Å². The molecule has 6 nitrogen and oxygen atoms in total. The normalized spacial score (nSPS) is 19.0. The minimum absolute atomic E-state index is 0.0247. The highest BCUT2D eigenvalue weighted by Crippen LogP contribution is 2.29. The molecule has 0 spiro atoms. The summed E-state index contributed by atoms with van der Waals surface area (Å²) in [6, 6.07) is 5.27. The molecule has 0 radical (unpaired) electrons. The summed E-state index contributed by atoms with van der Waals surface area (Å²) in [6.45, 7) is 6.32. The maximum atomic E-state index is 10.9. The van der Waals surface area contributed by atoms with E-state index in [1.165, 1.54) is 6.07 Å². The van der Waals surface area contributed by atoms with Crippen LogP contribution in [-0.2, 0) is 0 Å². The van der Waals surface area contributed by atoms with E-state index in [4.69, 9.17) is 5.26 Å². The van der Waals surface area contributed by atoms with Crippen molar-refractivity contribution < 1.29 is 4.92 Å². The molecular weight excluding hydrogens is 244 g/mol. The van der Waals surface area contributed by atoms with Crippen molar-refractivity contribution in [1.82, 2.24) is 5.32 Å². The second-order valence-electron chi connectivity index (χ2n) is 4.81. The molecular formula is C13H16N4O2. The molecule has 1 N–H and O–H groups in total. The Balaban J connectivity index is 2.46. The Morgan fingerprint density at radius 1 is 1.58 bits per heavy atom. The number of nitrogens with one attached hydrogen (secondary N) is 1. The number of anilines is 1. The molecule has 0 bridgehead atoms. The summed E-state index contributed by atoms with van der Waals surface area (Å²) in [6.07, 6.45) is 0. The summed E-state index contributed by atoms with van der Waals surface area (Å²) >= 11 is 0. The standard InChI is InChI=1S/C13H16N4O2/c1-9-8-16(4-3-15-9)13-6-12(17(18)19)5-11(7-14)10(13)2/h5-6,9,15H,3-4,8H2,1-2H3. The van der Waals surface area contributed by atoms with Gasteiger partial charge < -0.3 is 10.2 Å². The van der Waals surface area contributed by atoms with Gasteiger partial charge in [0.25, 0.3) is 5.69 Å². The predicted octanol–water partition coefficient (Wildman–Crippen LogP) is 1.57. The van der Waals surface area contributed by atoms with Crippen molar-refractivity contribution in [2.75, 3.05) is 24.5 Å². The van der Waals surface area contributed by atoms with E-state index >= 15 is 0 Å². The minimum atomic E-state index is -0.449. The lowest BCUT2D eigenvalue weighted by Gasteiger charge is -2.34. The Labute approximate surface area is 111 Å². The zero-order chi connectivity index (χ0) is 14.0. The van der Waals surface area contributed by atoms with Crippen molar-refractivity contribution in [3.8, 4) is 6.07 Å². The molecule has 1 fully saturated rings. The average molecular weight is 260 g/mol. The highest BCUT2D eigenvalue weighted by molar-refractivity contribution is 5.65. The van der Waals surface area contributed by atoms with E-state index in [1.54, 1.807) is 6.07 Å². The number of piperazine rings is 1. The molecule has 0 aliphatic carbocycles. The topological polar surface area (TPSA) is 82.2 Å². The molecule has 100 valence electrons. The number of nitro benzene ring substituents is 1. The van der Waals surface area contributed by atoms with Gasteiger partial charge in [0.1, 0.15) is 0 Å². The molecule has 1 saturated heterocycles. The maximum absolute atomic E-state index is 10.9. The fourth-order valence-electron chi connectivity index (χ4n) is 2.39. The lowest BCUT2D eigenvalue weighted by atomic mass is 10.0. The Morgan fingerprint density at radius 2 is 2.32 bits per heavy atom. The minimum Gasteiger partial charge on any atom is -0.368 e. The zero-order valence-corrected chi connectivity index (χ0v) is 11.0. The van der Waals surface area contributed by atoms with Crippen molar-refractivity contribution in [2.24, 2.45) is 0 Å². The first-order chi connectivity index (χ1) is 9.02. The van der Waals surface area contributed by atoms with Gasteiger partial charge in [-0.2, -0.15) is 5.26 Å². The molecule has 0 aromatic heterocycles. The fourth-order valence-corrected chi connectivity index (χ4v) is 2.39. The van der Waals surface area contributed by atoms with Gasteiger partial charge in [-0.1, -0.05) is 0 Å². The third kappa shape index (κ3) is 2.66. The van der Waals surface area contributed by atoms with Gasteiger partial charge >= 0.3 is 0 Å². The Bertz CT molecular complexity index is 550. The summed E-state index contributed by atoms with van der Waals surface area (Å²) in [5.41, 5.74) is 1.94. The van der Waals surface area contributed by atoms with E-state index < -0.39 is 4.92 Å². The van der Waals surface area contributed by atoms with Crippen LogP contribution in [0, 0.1) is 28.4 Å². The first-order valence-electron chi connectivity index (χ1n) is 6.20. The highest BCUT2D eigenvalue weighted by atomic mass is 16.6. The van der Waals surface area contributed by atoms with Crippen LogP contribution in [0.5, 0.6) is 0 Å². The second kappa shape index (κ2) is 5.24. The van der Waals surface area contributed by atoms with Crippen LogP contribution >= 0.6 is 0 Å². The van der Waals surface area contributed by atoms with Crippen molar-refractivity contribution in [3.05, 3.63) is 33.4 Å². The van der Waals surface area contributed by atoms with E-state index in [1.807, 2.05) is 13.0 Å². The molecule has 6 heteroatoms. The van der Waals surface area contributed by atoms with Gasteiger partial charge in [0, 0.05) is 43.5 Å². The molecule has 1 heterocycles. The second-order valence-corrected chi connectivity index (χ2v) is 4.81. The third-order valence-electron chi connectivity index (χ3n) is 3.41. The zero-order valence-electron chi connectivity index (χ0n) is 11.0. The number of hydrogen-bond donors (Lipinski definition) is 1. The molecule has 0 amide bonds. The van der Waals surface area contributed by atoms with Crippen LogP contribution in [0.2, 0.25) is 0 Å². The Kier molecular flexibility index (Phi) is 3.67. The highest BCUT2D eigenvalue weighted by Gasteiger charge is 2.21. The molecule has 1 unspecified atom stereocenters. The van der Waals surface area contributed by atoms with Crippen LogP contribution in [0.25, 0.3) is 0 Å². The Morgan fingerprint density at radius 3 is 2.89 bits per heavy atom. The number of benzene rings is 1. The van der Waals surface area contributed by atoms with Gasteiger partial charge in [0.2, 0.25) is 0 Å². The number of rotatable bonds is 2. The maximum Gasteiger partial charge on any atom is 0.272 e. The number of nitriles is 1. The van der Waals surface area contributed by atoms with Crippen LogP contribution < -0.4 is 10.2 Å². The van der Waals surface area contributed by atoms with E-state index in [9.17, 15) is 10.1 Å². The molecule has 1 aliphatic rings. The van der Waals surface area contributed by atoms with Gasteiger partial charge in [-0.3, -0.25) is 10.1 Å². The summed E-state index contributed by atoms with van der Waals surface area (Å²) in [5, 5.41) is 23.4. The van der Waals surface area contributed by atoms with Gasteiger partial charge in [0.05, 0.1) is 16.6 Å². The average Bonchev–Trinajstić information content (AvgIpc) is 2.38. The van der Waals surface area contributed by atoms with E-state index in [0.717, 1.165) is 30.9 Å². The van der Waals surface area contributed by atoms with Crippen LogP contribution in [0.15, 0.2) is 12.1 Å². The lowest BCUT2D eigenvalue weighted by Crippen LogP contribution is -2.49. The molecule has 1 aliphatic heterocycles. The first-order valence-corrected chi connectivity index (χ1v) is 6.20. The number of nitrogens with zero attached hydrogens (tertiary/aromatic N) is 3. The molecule has 0 saturated carbocycles. The van der Waals surface area contributed by atoms with Crippen molar-refractivity contribution >= 4 is 11.4 Å². The smallest absolute Gasteiger partial charge is 0.272 e. The molecule has 2 rings (SSSR count). The Hall–Kier alpha value is -2.13.